The second-order valence-corrected chi connectivity index (χ2v) is 9.38. The zero-order valence-corrected chi connectivity index (χ0v) is 19.7. The first kappa shape index (κ1) is 22.3. The summed E-state index contributed by atoms with van der Waals surface area (Å²) in [4.78, 5) is 34.0. The summed E-state index contributed by atoms with van der Waals surface area (Å²) in [7, 11) is 1.80. The van der Waals surface area contributed by atoms with Crippen molar-refractivity contribution >= 4 is 45.9 Å². The molecule has 1 amide bonds. The molecule has 0 bridgehead atoms. The number of aromatic nitrogens is 2. The van der Waals surface area contributed by atoms with Gasteiger partial charge >= 0.3 is 0 Å². The molecule has 9 heteroatoms. The third-order valence-electron chi connectivity index (χ3n) is 5.28. The van der Waals surface area contributed by atoms with Gasteiger partial charge in [0.15, 0.2) is 5.17 Å². The van der Waals surface area contributed by atoms with E-state index in [9.17, 15) is 14.7 Å². The van der Waals surface area contributed by atoms with Gasteiger partial charge in [-0.1, -0.05) is 30.0 Å². The van der Waals surface area contributed by atoms with Crippen LogP contribution in [-0.4, -0.2) is 37.9 Å². The fraction of sp³-hybridized carbons (Fsp3) is 0.261. The first-order valence-electron chi connectivity index (χ1n) is 10.2. The Kier molecular flexibility index (Phi) is 6.50. The van der Waals surface area contributed by atoms with Crippen LogP contribution in [0.2, 0.25) is 0 Å². The number of aliphatic hydroxyl groups excluding tert-OH is 1. The Balaban J connectivity index is 1.82. The summed E-state index contributed by atoms with van der Waals surface area (Å²) < 4.78 is 3.31. The number of nitrogens with zero attached hydrogens (tertiary/aromatic N) is 4. The number of aryl methyl sites for hydroxylation is 1. The van der Waals surface area contributed by atoms with Gasteiger partial charge in [-0.3, -0.25) is 14.3 Å². The fourth-order valence-electron chi connectivity index (χ4n) is 3.49. The summed E-state index contributed by atoms with van der Waals surface area (Å²) in [5, 5.41) is 11.6. The Hall–Kier alpha value is -2.88. The number of benzene rings is 1. The van der Waals surface area contributed by atoms with Crippen LogP contribution in [0.15, 0.2) is 57.3 Å². The van der Waals surface area contributed by atoms with E-state index in [-0.39, 0.29) is 18.1 Å². The number of hydrogen-bond acceptors (Lipinski definition) is 6. The van der Waals surface area contributed by atoms with Gasteiger partial charge in [-0.25, -0.2) is 14.6 Å². The van der Waals surface area contributed by atoms with Crippen molar-refractivity contribution in [3.8, 4) is 5.69 Å². The van der Waals surface area contributed by atoms with Crippen LogP contribution < -0.4 is 10.5 Å². The van der Waals surface area contributed by atoms with Gasteiger partial charge in [-0.05, 0) is 55.5 Å². The third kappa shape index (κ3) is 3.99. The van der Waals surface area contributed by atoms with Crippen LogP contribution in [0, 0.1) is 13.8 Å². The second kappa shape index (κ2) is 9.32. The average Bonchev–Trinajstić information content (AvgIpc) is 3.39. The van der Waals surface area contributed by atoms with Gasteiger partial charge in [0.05, 0.1) is 11.4 Å². The van der Waals surface area contributed by atoms with Crippen LogP contribution in [0.1, 0.15) is 22.6 Å². The van der Waals surface area contributed by atoms with Crippen molar-refractivity contribution in [2.75, 3.05) is 17.3 Å². The summed E-state index contributed by atoms with van der Waals surface area (Å²) >= 11 is 2.91. The van der Waals surface area contributed by atoms with Gasteiger partial charge in [0.1, 0.15) is 11.4 Å². The molecular formula is C23H24N4O3S2. The first-order chi connectivity index (χ1) is 15.4. The first-order valence-corrected chi connectivity index (χ1v) is 12.1. The number of hydrogen-bond donors (Lipinski definition) is 1. The zero-order valence-electron chi connectivity index (χ0n) is 18.1. The summed E-state index contributed by atoms with van der Waals surface area (Å²) in [5.74, 6) is 0.263. The van der Waals surface area contributed by atoms with E-state index in [0.29, 0.717) is 34.4 Å². The summed E-state index contributed by atoms with van der Waals surface area (Å²) in [6, 6.07) is 11.3. The summed E-state index contributed by atoms with van der Waals surface area (Å²) in [6.07, 6.45) is 2.35. The summed E-state index contributed by atoms with van der Waals surface area (Å²) in [5.41, 5.74) is 2.77. The van der Waals surface area contributed by atoms with E-state index >= 15 is 0 Å². The van der Waals surface area contributed by atoms with Crippen LogP contribution in [0.4, 0.5) is 5.69 Å². The number of aliphatic imine (C=N–C) groups is 1. The molecule has 3 aromatic rings. The number of para-hydroxylation sites is 1. The smallest absolute Gasteiger partial charge is 0.296 e. The van der Waals surface area contributed by atoms with Crippen molar-refractivity contribution in [1.82, 2.24) is 9.36 Å². The number of amidine groups is 1. The average molecular weight is 469 g/mol. The van der Waals surface area contributed by atoms with E-state index in [1.165, 1.54) is 16.7 Å². The Morgan fingerprint density at radius 3 is 2.56 bits per heavy atom. The lowest BCUT2D eigenvalue weighted by Crippen LogP contribution is -2.35. The number of anilines is 1. The van der Waals surface area contributed by atoms with Crippen LogP contribution in [-0.2, 0) is 11.8 Å². The van der Waals surface area contributed by atoms with Gasteiger partial charge < -0.3 is 5.11 Å². The molecule has 1 aliphatic heterocycles. The van der Waals surface area contributed by atoms with E-state index < -0.39 is 0 Å². The van der Waals surface area contributed by atoms with Gasteiger partial charge in [0.25, 0.3) is 11.5 Å². The van der Waals surface area contributed by atoms with E-state index in [1.54, 1.807) is 33.8 Å². The van der Waals surface area contributed by atoms with Crippen LogP contribution >= 0.6 is 23.1 Å². The second-order valence-electron chi connectivity index (χ2n) is 7.37. The van der Waals surface area contributed by atoms with Crippen molar-refractivity contribution in [3.05, 3.63) is 74.0 Å². The monoisotopic (exact) mass is 468 g/mol. The lowest BCUT2D eigenvalue weighted by molar-refractivity contribution is -0.113. The molecule has 4 rings (SSSR count). The molecule has 0 atom stereocenters. The molecule has 0 spiro atoms. The van der Waals surface area contributed by atoms with Crippen LogP contribution in [0.3, 0.4) is 0 Å². The maximum absolute atomic E-state index is 13.5. The number of amides is 1. The molecule has 0 saturated heterocycles. The largest absolute Gasteiger partial charge is 0.396 e. The minimum atomic E-state index is -0.324. The standard InChI is InChI=1S/C23H24N4O3S2/c1-15-10-13-31-19(15)14-18-21(29)26(23(24-18)32-12-7-11-28)20-16(2)25(3)27(22(20)30)17-8-5-4-6-9-17/h4-6,8-10,13-14,28H,7,11-12H2,1-3H3/b18-14-. The molecular weight excluding hydrogens is 444 g/mol. The highest BCUT2D eigenvalue weighted by Gasteiger charge is 2.36. The Labute approximate surface area is 194 Å². The highest BCUT2D eigenvalue weighted by molar-refractivity contribution is 8.14. The van der Waals surface area contributed by atoms with E-state index in [2.05, 4.69) is 4.99 Å². The molecule has 0 fully saturated rings. The predicted molar refractivity (Wildman–Crippen MR) is 132 cm³/mol. The lowest BCUT2D eigenvalue weighted by Gasteiger charge is -2.16. The molecule has 32 heavy (non-hydrogen) atoms. The quantitative estimate of drug-likeness (QED) is 0.442. The van der Waals surface area contributed by atoms with Gasteiger partial charge in [-0.2, -0.15) is 0 Å². The minimum Gasteiger partial charge on any atom is -0.396 e. The molecule has 166 valence electrons. The van der Waals surface area contributed by atoms with Crippen molar-refractivity contribution < 1.29 is 9.90 Å². The van der Waals surface area contributed by atoms with E-state index in [0.717, 1.165) is 16.1 Å². The Morgan fingerprint density at radius 2 is 1.91 bits per heavy atom. The van der Waals surface area contributed by atoms with Gasteiger partial charge in [-0.15, -0.1) is 11.3 Å². The normalized spacial score (nSPS) is 15.1. The third-order valence-corrected chi connectivity index (χ3v) is 7.27. The predicted octanol–water partition coefficient (Wildman–Crippen LogP) is 3.71. The molecule has 1 N–H and O–H groups in total. The Bertz CT molecular complexity index is 1270. The van der Waals surface area contributed by atoms with E-state index in [1.807, 2.05) is 55.6 Å². The highest BCUT2D eigenvalue weighted by Crippen LogP contribution is 2.31. The maximum atomic E-state index is 13.5. The molecule has 1 aromatic carbocycles. The van der Waals surface area contributed by atoms with Crippen molar-refractivity contribution in [2.45, 2.75) is 20.3 Å². The number of carbonyl (C=O) groups excluding carboxylic acids is 1. The van der Waals surface area contributed by atoms with Gasteiger partial charge in [0, 0.05) is 24.3 Å². The molecule has 1 aliphatic rings. The molecule has 0 radical (unpaired) electrons. The van der Waals surface area contributed by atoms with E-state index in [4.69, 9.17) is 0 Å². The van der Waals surface area contributed by atoms with Gasteiger partial charge in [0.2, 0.25) is 0 Å². The molecule has 3 heterocycles. The molecule has 0 saturated carbocycles. The number of thioether (sulfide) groups is 1. The molecule has 0 aliphatic carbocycles. The lowest BCUT2D eigenvalue weighted by atomic mass is 10.2. The van der Waals surface area contributed by atoms with Crippen molar-refractivity contribution in [3.63, 3.8) is 0 Å². The number of rotatable bonds is 6. The fourth-order valence-corrected chi connectivity index (χ4v) is 5.26. The molecule has 7 nitrogen and oxygen atoms in total. The number of thiophene rings is 1. The van der Waals surface area contributed by atoms with Crippen LogP contribution in [0.25, 0.3) is 11.8 Å². The molecule has 2 aromatic heterocycles. The zero-order chi connectivity index (χ0) is 22.8. The SMILES string of the molecule is Cc1ccsc1/C=C1\N=C(SCCCO)N(c2c(C)n(C)n(-c3ccccc3)c2=O)C1=O. The van der Waals surface area contributed by atoms with Crippen LogP contribution in [0.5, 0.6) is 0 Å². The van der Waals surface area contributed by atoms with Crippen molar-refractivity contribution in [1.29, 1.82) is 0 Å². The number of aliphatic hydroxyl groups is 1. The molecule has 0 unspecified atom stereocenters. The maximum Gasteiger partial charge on any atom is 0.296 e. The topological polar surface area (TPSA) is 79.8 Å². The Morgan fingerprint density at radius 1 is 1.16 bits per heavy atom. The minimum absolute atomic E-state index is 0.0521. The number of carbonyl (C=O) groups is 1. The van der Waals surface area contributed by atoms with Crippen molar-refractivity contribution in [2.24, 2.45) is 12.0 Å². The highest BCUT2D eigenvalue weighted by atomic mass is 32.2. The summed E-state index contributed by atoms with van der Waals surface area (Å²) in [6.45, 7) is 3.86.